The minimum Gasteiger partial charge on any atom is -0.456 e. The van der Waals surface area contributed by atoms with E-state index in [-0.39, 0.29) is 0 Å². The van der Waals surface area contributed by atoms with Gasteiger partial charge >= 0.3 is 0 Å². The highest BCUT2D eigenvalue weighted by Crippen LogP contribution is 2.41. The first-order valence-electron chi connectivity index (χ1n) is 15.4. The molecule has 210 valence electrons. The maximum absolute atomic E-state index is 6.30. The van der Waals surface area contributed by atoms with E-state index in [0.717, 1.165) is 33.3 Å². The minimum atomic E-state index is 0.909. The Hall–Kier alpha value is -6.06. The summed E-state index contributed by atoms with van der Waals surface area (Å²) in [5.41, 5.74) is 11.3. The van der Waals surface area contributed by atoms with Gasteiger partial charge in [-0.15, -0.1) is 0 Å². The van der Waals surface area contributed by atoms with Crippen LogP contribution in [-0.4, -0.2) is 9.13 Å². The monoisotopic (exact) mass is 574 g/mol. The van der Waals surface area contributed by atoms with Crippen LogP contribution in [0.3, 0.4) is 0 Å². The van der Waals surface area contributed by atoms with Crippen LogP contribution in [-0.2, 0) is 0 Å². The Morgan fingerprint density at radius 1 is 0.356 bits per heavy atom. The van der Waals surface area contributed by atoms with Crippen LogP contribution < -0.4 is 0 Å². The van der Waals surface area contributed by atoms with Crippen molar-refractivity contribution < 1.29 is 4.42 Å². The maximum atomic E-state index is 6.30. The third kappa shape index (κ3) is 3.46. The minimum absolute atomic E-state index is 0.909. The van der Waals surface area contributed by atoms with Gasteiger partial charge in [-0.1, -0.05) is 97.1 Å². The number of aromatic nitrogens is 2. The fourth-order valence-corrected chi connectivity index (χ4v) is 7.36. The first-order valence-corrected chi connectivity index (χ1v) is 15.4. The summed E-state index contributed by atoms with van der Waals surface area (Å²) in [4.78, 5) is 0. The van der Waals surface area contributed by atoms with E-state index in [2.05, 4.69) is 161 Å². The lowest BCUT2D eigenvalue weighted by Crippen LogP contribution is -1.95. The smallest absolute Gasteiger partial charge is 0.137 e. The summed E-state index contributed by atoms with van der Waals surface area (Å²) in [6.07, 6.45) is 0. The highest BCUT2D eigenvalue weighted by atomic mass is 16.3. The summed E-state index contributed by atoms with van der Waals surface area (Å²) in [5.74, 6) is 0. The standard InChI is InChI=1S/C42H26N2O/c1-5-16-36-31(12-1)32-13-2-6-17-37(32)43(36)30-11-9-10-28(26-30)27-20-22-29(23-21-27)44-38-18-7-3-14-33(38)34-24-25-40-41(42(34)44)35-15-4-8-19-39(35)45-40/h1-26H. The van der Waals surface area contributed by atoms with Crippen LogP contribution in [0.4, 0.5) is 0 Å². The van der Waals surface area contributed by atoms with E-state index in [1.54, 1.807) is 0 Å². The summed E-state index contributed by atoms with van der Waals surface area (Å²) < 4.78 is 11.1. The molecule has 0 unspecified atom stereocenters. The zero-order valence-corrected chi connectivity index (χ0v) is 24.3. The summed E-state index contributed by atoms with van der Waals surface area (Å²) in [6.45, 7) is 0. The van der Waals surface area contributed by atoms with E-state index in [9.17, 15) is 0 Å². The molecule has 3 heteroatoms. The van der Waals surface area contributed by atoms with Crippen LogP contribution in [0, 0.1) is 0 Å². The largest absolute Gasteiger partial charge is 0.456 e. The molecule has 3 heterocycles. The highest BCUT2D eigenvalue weighted by Gasteiger charge is 2.19. The number of benzene rings is 7. The van der Waals surface area contributed by atoms with E-state index in [4.69, 9.17) is 4.42 Å². The summed E-state index contributed by atoms with van der Waals surface area (Å²) in [7, 11) is 0. The number of hydrogen-bond donors (Lipinski definition) is 0. The average molecular weight is 575 g/mol. The number of nitrogens with zero attached hydrogens (tertiary/aromatic N) is 2. The highest BCUT2D eigenvalue weighted by molar-refractivity contribution is 6.24. The number of para-hydroxylation sites is 4. The molecule has 0 radical (unpaired) electrons. The molecule has 0 fully saturated rings. The van der Waals surface area contributed by atoms with E-state index in [1.807, 2.05) is 6.07 Å². The predicted octanol–water partition coefficient (Wildman–Crippen LogP) is 11.4. The molecule has 0 aliphatic carbocycles. The van der Waals surface area contributed by atoms with Gasteiger partial charge in [0.05, 0.1) is 27.5 Å². The lowest BCUT2D eigenvalue weighted by Gasteiger charge is -2.12. The summed E-state index contributed by atoms with van der Waals surface area (Å²) in [6, 6.07) is 56.5. The average Bonchev–Trinajstić information content (AvgIpc) is 3.76. The van der Waals surface area contributed by atoms with Gasteiger partial charge in [0.2, 0.25) is 0 Å². The van der Waals surface area contributed by atoms with Gasteiger partial charge in [-0.25, -0.2) is 0 Å². The van der Waals surface area contributed by atoms with Gasteiger partial charge in [0.15, 0.2) is 0 Å². The molecular formula is C42H26N2O. The molecule has 0 atom stereocenters. The number of hydrogen-bond acceptors (Lipinski definition) is 1. The molecule has 45 heavy (non-hydrogen) atoms. The zero-order chi connectivity index (χ0) is 29.5. The molecule has 3 nitrogen and oxygen atoms in total. The normalized spacial score (nSPS) is 12.0. The Labute approximate surface area is 258 Å². The van der Waals surface area contributed by atoms with E-state index >= 15 is 0 Å². The van der Waals surface area contributed by atoms with E-state index < -0.39 is 0 Å². The van der Waals surface area contributed by atoms with Crippen LogP contribution >= 0.6 is 0 Å². The van der Waals surface area contributed by atoms with Gasteiger partial charge in [-0.3, -0.25) is 0 Å². The SMILES string of the molecule is c1cc(-c2ccc(-n3c4ccccc4c4ccc5oc6ccccc6c5c43)cc2)cc(-n2c3ccccc3c3ccccc32)c1. The Morgan fingerprint density at radius 3 is 1.67 bits per heavy atom. The molecule has 7 aromatic carbocycles. The third-order valence-corrected chi connectivity index (χ3v) is 9.32. The quantitative estimate of drug-likeness (QED) is 0.206. The Bertz CT molecular complexity index is 2700. The fraction of sp³-hybridized carbons (Fsp3) is 0. The third-order valence-electron chi connectivity index (χ3n) is 9.32. The van der Waals surface area contributed by atoms with Crippen molar-refractivity contribution in [1.29, 1.82) is 0 Å². The van der Waals surface area contributed by atoms with E-state index in [0.29, 0.717) is 0 Å². The maximum Gasteiger partial charge on any atom is 0.137 e. The lowest BCUT2D eigenvalue weighted by molar-refractivity contribution is 0.669. The van der Waals surface area contributed by atoms with Crippen molar-refractivity contribution in [1.82, 2.24) is 9.13 Å². The predicted molar refractivity (Wildman–Crippen MR) is 188 cm³/mol. The molecule has 10 rings (SSSR count). The second-order valence-corrected chi connectivity index (χ2v) is 11.8. The molecule has 0 N–H and O–H groups in total. The molecule has 0 amide bonds. The van der Waals surface area contributed by atoms with Crippen LogP contribution in [0.2, 0.25) is 0 Å². The molecular weight excluding hydrogens is 548 g/mol. The second-order valence-electron chi connectivity index (χ2n) is 11.8. The molecule has 0 bridgehead atoms. The van der Waals surface area contributed by atoms with Crippen molar-refractivity contribution in [3.63, 3.8) is 0 Å². The van der Waals surface area contributed by atoms with Gasteiger partial charge in [-0.05, 0) is 71.8 Å². The van der Waals surface area contributed by atoms with Crippen LogP contribution in [0.5, 0.6) is 0 Å². The molecule has 0 aliphatic heterocycles. The van der Waals surface area contributed by atoms with Crippen molar-refractivity contribution in [2.75, 3.05) is 0 Å². The van der Waals surface area contributed by atoms with Crippen molar-refractivity contribution >= 4 is 65.6 Å². The Balaban J connectivity index is 1.15. The Morgan fingerprint density at radius 2 is 0.956 bits per heavy atom. The summed E-state index contributed by atoms with van der Waals surface area (Å²) >= 11 is 0. The van der Waals surface area contributed by atoms with Crippen LogP contribution in [0.1, 0.15) is 0 Å². The molecule has 0 saturated carbocycles. The Kier molecular flexibility index (Phi) is 5.00. The molecule has 0 spiro atoms. The fourth-order valence-electron chi connectivity index (χ4n) is 7.36. The van der Waals surface area contributed by atoms with Gasteiger partial charge in [0, 0.05) is 38.3 Å². The van der Waals surface area contributed by atoms with Crippen molar-refractivity contribution in [3.8, 4) is 22.5 Å². The second kappa shape index (κ2) is 9.22. The molecule has 0 saturated heterocycles. The van der Waals surface area contributed by atoms with Gasteiger partial charge in [-0.2, -0.15) is 0 Å². The number of fused-ring (bicyclic) bond motifs is 10. The topological polar surface area (TPSA) is 23.0 Å². The van der Waals surface area contributed by atoms with E-state index in [1.165, 1.54) is 54.7 Å². The molecule has 10 aromatic rings. The number of rotatable bonds is 3. The summed E-state index contributed by atoms with van der Waals surface area (Å²) in [5, 5.41) is 7.31. The lowest BCUT2D eigenvalue weighted by atomic mass is 10.0. The molecule has 0 aliphatic rings. The van der Waals surface area contributed by atoms with Gasteiger partial charge in [0.1, 0.15) is 11.2 Å². The van der Waals surface area contributed by atoms with Crippen LogP contribution in [0.25, 0.3) is 88.1 Å². The van der Waals surface area contributed by atoms with Gasteiger partial charge < -0.3 is 13.6 Å². The number of furan rings is 1. The first-order chi connectivity index (χ1) is 22.3. The van der Waals surface area contributed by atoms with Crippen molar-refractivity contribution in [3.05, 3.63) is 158 Å². The zero-order valence-electron chi connectivity index (χ0n) is 24.3. The first kappa shape index (κ1) is 24.4. The van der Waals surface area contributed by atoms with Crippen molar-refractivity contribution in [2.24, 2.45) is 0 Å². The van der Waals surface area contributed by atoms with Gasteiger partial charge in [0.25, 0.3) is 0 Å². The van der Waals surface area contributed by atoms with Crippen LogP contribution in [0.15, 0.2) is 162 Å². The van der Waals surface area contributed by atoms with Crippen molar-refractivity contribution in [2.45, 2.75) is 0 Å². The molecule has 3 aromatic heterocycles.